The number of urea groups is 1. The monoisotopic (exact) mass is 426 g/mol. The molecule has 3 heterocycles. The highest BCUT2D eigenvalue weighted by atomic mass is 32.1. The maximum absolute atomic E-state index is 12.7. The van der Waals surface area contributed by atoms with Gasteiger partial charge in [-0.2, -0.15) is 4.98 Å². The van der Waals surface area contributed by atoms with Gasteiger partial charge in [0.15, 0.2) is 11.0 Å². The van der Waals surface area contributed by atoms with Gasteiger partial charge in [0.25, 0.3) is 5.89 Å². The smallest absolute Gasteiger partial charge is 0.323 e. The van der Waals surface area contributed by atoms with Crippen LogP contribution in [0.3, 0.4) is 0 Å². The molecule has 3 amide bonds. The average molecular weight is 427 g/mol. The van der Waals surface area contributed by atoms with Gasteiger partial charge in [-0.25, -0.2) is 9.78 Å². The number of anilines is 2. The summed E-state index contributed by atoms with van der Waals surface area (Å²) in [6, 6.07) is 5.47. The van der Waals surface area contributed by atoms with E-state index in [2.05, 4.69) is 25.8 Å². The Bertz CT molecular complexity index is 1090. The number of rotatable bonds is 6. The molecule has 30 heavy (non-hydrogen) atoms. The minimum absolute atomic E-state index is 0.0980. The van der Waals surface area contributed by atoms with Gasteiger partial charge < -0.3 is 15.2 Å². The van der Waals surface area contributed by atoms with E-state index < -0.39 is 0 Å². The molecule has 1 aliphatic heterocycles. The highest BCUT2D eigenvalue weighted by molar-refractivity contribution is 7.14. The van der Waals surface area contributed by atoms with Crippen molar-refractivity contribution in [2.45, 2.75) is 33.1 Å². The standard InChI is InChI=1S/C20H22N6O3S/c1-11(2)17-24-18(29-25-17)14-6-4-5-12(3)16(14)23-15(27)9-13-10-30-20(22-13)26-8-7-21-19(26)28/h4-6,10-11H,7-9H2,1-3H3,(H,21,28)(H,23,27). The summed E-state index contributed by atoms with van der Waals surface area (Å²) in [6.07, 6.45) is 0.0980. The van der Waals surface area contributed by atoms with E-state index in [0.717, 1.165) is 5.56 Å². The second-order valence-electron chi connectivity index (χ2n) is 7.34. The van der Waals surface area contributed by atoms with Crippen LogP contribution in [0, 0.1) is 6.92 Å². The van der Waals surface area contributed by atoms with Crippen molar-refractivity contribution in [2.75, 3.05) is 23.3 Å². The van der Waals surface area contributed by atoms with Gasteiger partial charge in [-0.1, -0.05) is 31.1 Å². The summed E-state index contributed by atoms with van der Waals surface area (Å²) in [5.41, 5.74) is 2.81. The van der Waals surface area contributed by atoms with E-state index in [9.17, 15) is 9.59 Å². The number of hydrogen-bond donors (Lipinski definition) is 2. The van der Waals surface area contributed by atoms with Crippen LogP contribution in [-0.4, -0.2) is 40.2 Å². The Morgan fingerprint density at radius 3 is 2.90 bits per heavy atom. The van der Waals surface area contributed by atoms with Crippen LogP contribution in [0.5, 0.6) is 0 Å². The number of aromatic nitrogens is 3. The van der Waals surface area contributed by atoms with Crippen LogP contribution in [0.25, 0.3) is 11.5 Å². The van der Waals surface area contributed by atoms with Gasteiger partial charge in [0.1, 0.15) is 0 Å². The molecule has 1 aliphatic rings. The van der Waals surface area contributed by atoms with Crippen molar-refractivity contribution >= 4 is 34.1 Å². The molecule has 0 saturated carbocycles. The van der Waals surface area contributed by atoms with Gasteiger partial charge in [0, 0.05) is 24.4 Å². The molecule has 0 radical (unpaired) electrons. The summed E-state index contributed by atoms with van der Waals surface area (Å²) in [6.45, 7) is 7.06. The molecule has 0 unspecified atom stereocenters. The van der Waals surface area contributed by atoms with Crippen LogP contribution in [0.4, 0.5) is 15.6 Å². The molecule has 9 nitrogen and oxygen atoms in total. The molecule has 156 valence electrons. The lowest BCUT2D eigenvalue weighted by atomic mass is 10.1. The van der Waals surface area contributed by atoms with Crippen LogP contribution < -0.4 is 15.5 Å². The zero-order valence-corrected chi connectivity index (χ0v) is 17.7. The fourth-order valence-electron chi connectivity index (χ4n) is 3.09. The number of nitrogens with one attached hydrogen (secondary N) is 2. The third-order valence-corrected chi connectivity index (χ3v) is 5.61. The molecule has 1 fully saturated rings. The number of thiazole rings is 1. The van der Waals surface area contributed by atoms with Crippen LogP contribution in [0.1, 0.15) is 36.8 Å². The molecule has 0 bridgehead atoms. The zero-order chi connectivity index (χ0) is 21.3. The fourth-order valence-corrected chi connectivity index (χ4v) is 3.94. The number of benzene rings is 1. The Morgan fingerprint density at radius 1 is 1.37 bits per heavy atom. The molecule has 0 aliphatic carbocycles. The quantitative estimate of drug-likeness (QED) is 0.625. The first-order chi connectivity index (χ1) is 14.4. The summed E-state index contributed by atoms with van der Waals surface area (Å²) in [4.78, 5) is 35.0. The van der Waals surface area contributed by atoms with E-state index in [4.69, 9.17) is 4.52 Å². The van der Waals surface area contributed by atoms with Crippen molar-refractivity contribution in [3.63, 3.8) is 0 Å². The molecule has 2 N–H and O–H groups in total. The van der Waals surface area contributed by atoms with E-state index in [1.807, 2.05) is 39.0 Å². The average Bonchev–Trinajstić information content (AvgIpc) is 3.44. The van der Waals surface area contributed by atoms with Crippen LogP contribution in [0.15, 0.2) is 28.1 Å². The number of carbonyl (C=O) groups excluding carboxylic acids is 2. The fraction of sp³-hybridized carbons (Fsp3) is 0.350. The summed E-state index contributed by atoms with van der Waals surface area (Å²) >= 11 is 1.35. The van der Waals surface area contributed by atoms with E-state index in [0.29, 0.717) is 46.9 Å². The Hall–Kier alpha value is -3.27. The van der Waals surface area contributed by atoms with Crippen LogP contribution in [-0.2, 0) is 11.2 Å². The Kier molecular flexibility index (Phi) is 5.49. The molecule has 0 spiro atoms. The van der Waals surface area contributed by atoms with Crippen molar-refractivity contribution in [1.82, 2.24) is 20.4 Å². The number of carbonyl (C=O) groups is 2. The molecule has 1 aromatic carbocycles. The zero-order valence-electron chi connectivity index (χ0n) is 16.9. The van der Waals surface area contributed by atoms with Crippen LogP contribution in [0.2, 0.25) is 0 Å². The molecule has 0 atom stereocenters. The largest absolute Gasteiger partial charge is 0.336 e. The van der Waals surface area contributed by atoms with Gasteiger partial charge in [-0.15, -0.1) is 11.3 Å². The second kappa shape index (κ2) is 8.23. The molecular weight excluding hydrogens is 404 g/mol. The summed E-state index contributed by atoms with van der Waals surface area (Å²) in [5, 5.41) is 12.1. The molecule has 1 saturated heterocycles. The van der Waals surface area contributed by atoms with Gasteiger partial charge >= 0.3 is 6.03 Å². The van der Waals surface area contributed by atoms with E-state index in [1.165, 1.54) is 11.3 Å². The Labute approximate surface area is 177 Å². The predicted octanol–water partition coefficient (Wildman–Crippen LogP) is 3.34. The van der Waals surface area contributed by atoms with Crippen molar-refractivity contribution in [3.8, 4) is 11.5 Å². The maximum Gasteiger partial charge on any atom is 0.323 e. The second-order valence-corrected chi connectivity index (χ2v) is 8.18. The highest BCUT2D eigenvalue weighted by Gasteiger charge is 2.24. The van der Waals surface area contributed by atoms with E-state index in [1.54, 1.807) is 10.3 Å². The number of hydrogen-bond acceptors (Lipinski definition) is 7. The Morgan fingerprint density at radius 2 is 2.20 bits per heavy atom. The normalized spacial score (nSPS) is 13.7. The summed E-state index contributed by atoms with van der Waals surface area (Å²) < 4.78 is 5.41. The predicted molar refractivity (Wildman–Crippen MR) is 114 cm³/mol. The molecule has 2 aromatic heterocycles. The van der Waals surface area contributed by atoms with Gasteiger partial charge in [-0.3, -0.25) is 9.69 Å². The lowest BCUT2D eigenvalue weighted by molar-refractivity contribution is -0.115. The van der Waals surface area contributed by atoms with E-state index >= 15 is 0 Å². The first-order valence-corrected chi connectivity index (χ1v) is 10.5. The van der Waals surface area contributed by atoms with E-state index in [-0.39, 0.29) is 24.3 Å². The molecular formula is C20H22N6O3S. The Balaban J connectivity index is 1.51. The number of aryl methyl sites for hydroxylation is 1. The van der Waals surface area contributed by atoms with Crippen molar-refractivity contribution in [1.29, 1.82) is 0 Å². The van der Waals surface area contributed by atoms with Crippen LogP contribution >= 0.6 is 11.3 Å². The van der Waals surface area contributed by atoms with Crippen molar-refractivity contribution in [3.05, 3.63) is 40.7 Å². The van der Waals surface area contributed by atoms with Crippen molar-refractivity contribution in [2.24, 2.45) is 0 Å². The van der Waals surface area contributed by atoms with Gasteiger partial charge in [0.2, 0.25) is 5.91 Å². The first kappa shape index (κ1) is 20.0. The lowest BCUT2D eigenvalue weighted by Gasteiger charge is -2.11. The number of amides is 3. The molecule has 4 rings (SSSR count). The van der Waals surface area contributed by atoms with Crippen molar-refractivity contribution < 1.29 is 14.1 Å². The summed E-state index contributed by atoms with van der Waals surface area (Å²) in [5.74, 6) is 0.914. The van der Waals surface area contributed by atoms with Gasteiger partial charge in [-0.05, 0) is 18.6 Å². The third-order valence-electron chi connectivity index (χ3n) is 4.69. The number of nitrogens with zero attached hydrogens (tertiary/aromatic N) is 4. The topological polar surface area (TPSA) is 113 Å². The van der Waals surface area contributed by atoms with Gasteiger partial charge in [0.05, 0.1) is 23.4 Å². The third kappa shape index (κ3) is 4.04. The first-order valence-electron chi connectivity index (χ1n) is 9.65. The SMILES string of the molecule is Cc1cccc(-c2nc(C(C)C)no2)c1NC(=O)Cc1csc(N2CCNC2=O)n1. The minimum atomic E-state index is -0.211. The lowest BCUT2D eigenvalue weighted by Crippen LogP contribution is -2.27. The molecule has 3 aromatic rings. The highest BCUT2D eigenvalue weighted by Crippen LogP contribution is 2.31. The molecule has 10 heteroatoms. The maximum atomic E-state index is 12.7. The minimum Gasteiger partial charge on any atom is -0.336 e. The number of para-hydroxylation sites is 1. The summed E-state index contributed by atoms with van der Waals surface area (Å²) in [7, 11) is 0.